The first-order chi connectivity index (χ1) is 11.0. The van der Waals surface area contributed by atoms with Gasteiger partial charge in [0.05, 0.1) is 6.21 Å². The Balaban J connectivity index is 2.10. The molecule has 1 N–H and O–H groups in total. The van der Waals surface area contributed by atoms with Crippen LogP contribution in [0.2, 0.25) is 0 Å². The van der Waals surface area contributed by atoms with Gasteiger partial charge in [0, 0.05) is 5.56 Å². The highest BCUT2D eigenvalue weighted by atomic mass is 19.4. The van der Waals surface area contributed by atoms with Gasteiger partial charge in [0.15, 0.2) is 6.61 Å². The van der Waals surface area contributed by atoms with Gasteiger partial charge >= 0.3 is 6.18 Å². The third-order valence-corrected chi connectivity index (χ3v) is 2.82. The quantitative estimate of drug-likeness (QED) is 0.496. The number of hydrogen-bond acceptors (Lipinski definition) is 4. The van der Waals surface area contributed by atoms with Gasteiger partial charge in [-0.3, -0.25) is 0 Å². The van der Waals surface area contributed by atoms with Crippen molar-refractivity contribution >= 4 is 6.21 Å². The Hall–Kier alpha value is -2.70. The SMILES string of the molecule is O/N=C/c1cc(OCC(F)(F)F)ccc1OCc1ccccc1. The average molecular weight is 325 g/mol. The first-order valence-corrected chi connectivity index (χ1v) is 6.66. The van der Waals surface area contributed by atoms with Crippen LogP contribution in [0.25, 0.3) is 0 Å². The summed E-state index contributed by atoms with van der Waals surface area (Å²) in [7, 11) is 0. The van der Waals surface area contributed by atoms with Gasteiger partial charge in [0.1, 0.15) is 18.1 Å². The molecule has 0 spiro atoms. The summed E-state index contributed by atoms with van der Waals surface area (Å²) in [6.07, 6.45) is -3.35. The van der Waals surface area contributed by atoms with Crippen molar-refractivity contribution in [3.63, 3.8) is 0 Å². The first-order valence-electron chi connectivity index (χ1n) is 6.66. The number of rotatable bonds is 6. The lowest BCUT2D eigenvalue weighted by molar-refractivity contribution is -0.153. The smallest absolute Gasteiger partial charge is 0.422 e. The van der Waals surface area contributed by atoms with Gasteiger partial charge in [0.25, 0.3) is 0 Å². The van der Waals surface area contributed by atoms with Crippen LogP contribution in [0.4, 0.5) is 13.2 Å². The molecule has 2 aromatic rings. The van der Waals surface area contributed by atoms with Crippen molar-refractivity contribution in [3.8, 4) is 11.5 Å². The van der Waals surface area contributed by atoms with Crippen LogP contribution in [0.3, 0.4) is 0 Å². The number of alkyl halides is 3. The van der Waals surface area contributed by atoms with Gasteiger partial charge in [-0.1, -0.05) is 35.5 Å². The molecular weight excluding hydrogens is 311 g/mol. The molecule has 0 aliphatic carbocycles. The third kappa shape index (κ3) is 5.54. The van der Waals surface area contributed by atoms with Crippen LogP contribution < -0.4 is 9.47 Å². The van der Waals surface area contributed by atoms with Gasteiger partial charge in [-0.15, -0.1) is 0 Å². The Kier molecular flexibility index (Phi) is 5.46. The molecule has 0 amide bonds. The van der Waals surface area contributed by atoms with Gasteiger partial charge in [0.2, 0.25) is 0 Å². The standard InChI is InChI=1S/C16H14F3NO3/c17-16(18,19)11-23-14-6-7-15(13(8-14)9-20-21)22-10-12-4-2-1-3-5-12/h1-9,21H,10-11H2/b20-9+. The molecule has 0 aliphatic rings. The van der Waals surface area contributed by atoms with Gasteiger partial charge in [-0.25, -0.2) is 0 Å². The Labute approximate surface area is 130 Å². The monoisotopic (exact) mass is 325 g/mol. The summed E-state index contributed by atoms with van der Waals surface area (Å²) in [6, 6.07) is 13.5. The highest BCUT2D eigenvalue weighted by molar-refractivity contribution is 5.83. The van der Waals surface area contributed by atoms with E-state index in [1.54, 1.807) is 0 Å². The fourth-order valence-electron chi connectivity index (χ4n) is 1.81. The van der Waals surface area contributed by atoms with Crippen molar-refractivity contribution in [1.82, 2.24) is 0 Å². The fraction of sp³-hybridized carbons (Fsp3) is 0.188. The van der Waals surface area contributed by atoms with E-state index < -0.39 is 12.8 Å². The number of ether oxygens (including phenoxy) is 2. The molecule has 2 aromatic carbocycles. The minimum atomic E-state index is -4.42. The molecule has 7 heteroatoms. The second-order valence-electron chi connectivity index (χ2n) is 4.62. The van der Waals surface area contributed by atoms with E-state index in [1.807, 2.05) is 30.3 Å². The van der Waals surface area contributed by atoms with E-state index in [9.17, 15) is 13.2 Å². The summed E-state index contributed by atoms with van der Waals surface area (Å²) in [6.45, 7) is -1.12. The minimum absolute atomic E-state index is 0.00397. The Morgan fingerprint density at radius 2 is 1.78 bits per heavy atom. The molecule has 122 valence electrons. The summed E-state index contributed by atoms with van der Waals surface area (Å²) in [5, 5.41) is 11.6. The zero-order valence-corrected chi connectivity index (χ0v) is 12.0. The average Bonchev–Trinajstić information content (AvgIpc) is 2.52. The van der Waals surface area contributed by atoms with Crippen molar-refractivity contribution in [2.45, 2.75) is 12.8 Å². The lowest BCUT2D eigenvalue weighted by atomic mass is 10.2. The van der Waals surface area contributed by atoms with Crippen LogP contribution >= 0.6 is 0 Å². The van der Waals surface area contributed by atoms with Crippen LogP contribution in [0, 0.1) is 0 Å². The van der Waals surface area contributed by atoms with E-state index in [0.717, 1.165) is 11.8 Å². The Bertz CT molecular complexity index is 657. The maximum absolute atomic E-state index is 12.2. The maximum Gasteiger partial charge on any atom is 0.422 e. The second-order valence-corrected chi connectivity index (χ2v) is 4.62. The first kappa shape index (κ1) is 16.7. The van der Waals surface area contributed by atoms with E-state index in [2.05, 4.69) is 9.89 Å². The normalized spacial score (nSPS) is 11.6. The third-order valence-electron chi connectivity index (χ3n) is 2.82. The van der Waals surface area contributed by atoms with Crippen molar-refractivity contribution in [2.24, 2.45) is 5.16 Å². The highest BCUT2D eigenvalue weighted by Gasteiger charge is 2.28. The zero-order valence-electron chi connectivity index (χ0n) is 12.0. The van der Waals surface area contributed by atoms with Gasteiger partial charge in [-0.05, 0) is 23.8 Å². The van der Waals surface area contributed by atoms with E-state index >= 15 is 0 Å². The molecule has 0 unspecified atom stereocenters. The number of oxime groups is 1. The largest absolute Gasteiger partial charge is 0.488 e. The number of benzene rings is 2. The molecule has 0 saturated heterocycles. The molecule has 23 heavy (non-hydrogen) atoms. The molecule has 0 radical (unpaired) electrons. The number of hydrogen-bond donors (Lipinski definition) is 1. The highest BCUT2D eigenvalue weighted by Crippen LogP contribution is 2.25. The summed E-state index contributed by atoms with van der Waals surface area (Å²) in [4.78, 5) is 0. The molecule has 0 atom stereocenters. The van der Waals surface area contributed by atoms with Crippen LogP contribution in [-0.2, 0) is 6.61 Å². The number of halogens is 3. The van der Waals surface area contributed by atoms with Crippen LogP contribution in [0.5, 0.6) is 11.5 Å². The second kappa shape index (κ2) is 7.53. The van der Waals surface area contributed by atoms with Crippen molar-refractivity contribution in [1.29, 1.82) is 0 Å². The summed E-state index contributed by atoms with van der Waals surface area (Å²) in [5.74, 6) is 0.371. The molecule has 4 nitrogen and oxygen atoms in total. The van der Waals surface area contributed by atoms with Gasteiger partial charge in [-0.2, -0.15) is 13.2 Å². The zero-order chi connectivity index (χ0) is 16.7. The van der Waals surface area contributed by atoms with E-state index in [4.69, 9.17) is 9.94 Å². The van der Waals surface area contributed by atoms with Crippen LogP contribution in [0.15, 0.2) is 53.7 Å². The Morgan fingerprint density at radius 3 is 2.43 bits per heavy atom. The molecule has 2 rings (SSSR count). The Morgan fingerprint density at radius 1 is 1.04 bits per heavy atom. The lowest BCUT2D eigenvalue weighted by Gasteiger charge is -2.12. The number of nitrogens with zero attached hydrogens (tertiary/aromatic N) is 1. The maximum atomic E-state index is 12.2. The predicted molar refractivity (Wildman–Crippen MR) is 78.1 cm³/mol. The fourth-order valence-corrected chi connectivity index (χ4v) is 1.81. The van der Waals surface area contributed by atoms with E-state index in [-0.39, 0.29) is 12.4 Å². The summed E-state index contributed by atoms with van der Waals surface area (Å²) in [5.41, 5.74) is 1.24. The van der Waals surface area contributed by atoms with Crippen molar-refractivity contribution in [2.75, 3.05) is 6.61 Å². The van der Waals surface area contributed by atoms with Crippen molar-refractivity contribution in [3.05, 3.63) is 59.7 Å². The molecule has 0 aliphatic heterocycles. The van der Waals surface area contributed by atoms with Crippen molar-refractivity contribution < 1.29 is 27.9 Å². The molecule has 0 saturated carbocycles. The minimum Gasteiger partial charge on any atom is -0.488 e. The molecule has 0 heterocycles. The predicted octanol–water partition coefficient (Wildman–Crippen LogP) is 4.01. The van der Waals surface area contributed by atoms with Gasteiger partial charge < -0.3 is 14.7 Å². The molecule has 0 fully saturated rings. The molecule has 0 bridgehead atoms. The summed E-state index contributed by atoms with van der Waals surface area (Å²) >= 11 is 0. The summed E-state index contributed by atoms with van der Waals surface area (Å²) < 4.78 is 46.7. The lowest BCUT2D eigenvalue weighted by Crippen LogP contribution is -2.19. The van der Waals surface area contributed by atoms with Crippen LogP contribution in [-0.4, -0.2) is 24.2 Å². The molecule has 0 aromatic heterocycles. The van der Waals surface area contributed by atoms with E-state index in [1.165, 1.54) is 18.2 Å². The molecular formula is C16H14F3NO3. The topological polar surface area (TPSA) is 51.1 Å². The van der Waals surface area contributed by atoms with Crippen LogP contribution in [0.1, 0.15) is 11.1 Å². The van der Waals surface area contributed by atoms with E-state index in [0.29, 0.717) is 11.3 Å².